The Bertz CT molecular complexity index is 1380. The normalized spacial score (nSPS) is 15.2. The number of amides is 2. The summed E-state index contributed by atoms with van der Waals surface area (Å²) in [7, 11) is 1.61. The maximum atomic E-state index is 13.8. The second-order valence-electron chi connectivity index (χ2n) is 9.38. The summed E-state index contributed by atoms with van der Waals surface area (Å²) >= 11 is 0. The van der Waals surface area contributed by atoms with Gasteiger partial charge in [-0.1, -0.05) is 18.2 Å². The number of aromatic nitrogens is 1. The molecule has 1 aliphatic heterocycles. The molecule has 8 heteroatoms. The number of ether oxygens (including phenoxy) is 2. The predicted molar refractivity (Wildman–Crippen MR) is 146 cm³/mol. The van der Waals surface area contributed by atoms with Gasteiger partial charge in [0.2, 0.25) is 5.91 Å². The number of carbonyl (C=O) groups excluding carboxylic acids is 2. The zero-order valence-electron chi connectivity index (χ0n) is 21.8. The van der Waals surface area contributed by atoms with Crippen molar-refractivity contribution in [3.05, 3.63) is 102 Å². The van der Waals surface area contributed by atoms with Gasteiger partial charge in [0.15, 0.2) is 5.76 Å². The van der Waals surface area contributed by atoms with Crippen molar-refractivity contribution in [3.8, 4) is 22.8 Å². The van der Waals surface area contributed by atoms with E-state index in [9.17, 15) is 9.59 Å². The molecule has 200 valence electrons. The van der Waals surface area contributed by atoms with E-state index < -0.39 is 6.04 Å². The molecule has 2 aromatic heterocycles. The van der Waals surface area contributed by atoms with Crippen molar-refractivity contribution < 1.29 is 23.5 Å². The molecule has 8 nitrogen and oxygen atoms in total. The zero-order valence-corrected chi connectivity index (χ0v) is 21.8. The van der Waals surface area contributed by atoms with Gasteiger partial charge >= 0.3 is 0 Å². The van der Waals surface area contributed by atoms with Gasteiger partial charge < -0.3 is 24.1 Å². The number of rotatable bonds is 9. The summed E-state index contributed by atoms with van der Waals surface area (Å²) in [4.78, 5) is 32.6. The van der Waals surface area contributed by atoms with Gasteiger partial charge in [-0.3, -0.25) is 14.6 Å². The molecular formula is C31H31N3O5. The highest BCUT2D eigenvalue weighted by Gasteiger charge is 2.33. The number of methoxy groups -OCH3 is 1. The molecule has 0 saturated carbocycles. The standard InChI is InChI=1S/C31H31N3O5/c1-37-25-14-10-23(11-15-25)28-16-17-29(39-28)31(36)34(27-7-3-5-19-33-30(27)35)20-22-8-12-26(13-9-22)38-21-24-6-2-4-18-32-24/h2,4,6,8-18,27H,3,5,7,19-21H2,1H3,(H,33,35)/t27-/m0/s1. The van der Waals surface area contributed by atoms with Crippen molar-refractivity contribution in [2.45, 2.75) is 38.5 Å². The van der Waals surface area contributed by atoms with Gasteiger partial charge in [-0.15, -0.1) is 0 Å². The molecule has 4 aromatic rings. The third-order valence-corrected chi connectivity index (χ3v) is 6.72. The molecule has 1 atom stereocenters. The Kier molecular flexibility index (Phi) is 8.21. The van der Waals surface area contributed by atoms with Crippen LogP contribution in [-0.2, 0) is 17.9 Å². The third kappa shape index (κ3) is 6.46. The van der Waals surface area contributed by atoms with E-state index in [0.717, 1.165) is 35.4 Å². The molecule has 0 unspecified atom stereocenters. The van der Waals surface area contributed by atoms with Gasteiger partial charge in [-0.05, 0) is 85.5 Å². The number of furan rings is 1. The van der Waals surface area contributed by atoms with Gasteiger partial charge in [-0.25, -0.2) is 0 Å². The number of nitrogens with zero attached hydrogens (tertiary/aromatic N) is 2. The van der Waals surface area contributed by atoms with Crippen molar-refractivity contribution in [2.75, 3.05) is 13.7 Å². The topological polar surface area (TPSA) is 93.9 Å². The fourth-order valence-corrected chi connectivity index (χ4v) is 4.58. The third-order valence-electron chi connectivity index (χ3n) is 6.72. The average molecular weight is 526 g/mol. The molecule has 1 fully saturated rings. The fraction of sp³-hybridized carbons (Fsp3) is 0.258. The van der Waals surface area contributed by atoms with Gasteiger partial charge in [0.05, 0.1) is 12.8 Å². The van der Waals surface area contributed by atoms with Gasteiger partial charge in [-0.2, -0.15) is 0 Å². The molecule has 5 rings (SSSR count). The number of hydrogen-bond acceptors (Lipinski definition) is 6. The molecule has 2 aromatic carbocycles. The lowest BCUT2D eigenvalue weighted by Crippen LogP contribution is -2.48. The van der Waals surface area contributed by atoms with E-state index in [-0.39, 0.29) is 24.1 Å². The number of nitrogens with one attached hydrogen (secondary N) is 1. The first-order valence-corrected chi connectivity index (χ1v) is 13.1. The molecule has 3 heterocycles. The Morgan fingerprint density at radius 2 is 1.79 bits per heavy atom. The highest BCUT2D eigenvalue weighted by atomic mass is 16.5. The Hall–Kier alpha value is -4.59. The lowest BCUT2D eigenvalue weighted by atomic mass is 10.1. The van der Waals surface area contributed by atoms with Gasteiger partial charge in [0, 0.05) is 24.8 Å². The number of carbonyl (C=O) groups is 2. The molecule has 0 radical (unpaired) electrons. The summed E-state index contributed by atoms with van der Waals surface area (Å²) in [5.74, 6) is 1.73. The van der Waals surface area contributed by atoms with E-state index in [2.05, 4.69) is 10.3 Å². The summed E-state index contributed by atoms with van der Waals surface area (Å²) < 4.78 is 17.1. The van der Waals surface area contributed by atoms with Crippen molar-refractivity contribution in [1.82, 2.24) is 15.2 Å². The molecule has 1 saturated heterocycles. The Labute approximate surface area is 227 Å². The van der Waals surface area contributed by atoms with Crippen LogP contribution < -0.4 is 14.8 Å². The molecular weight excluding hydrogens is 494 g/mol. The summed E-state index contributed by atoms with van der Waals surface area (Å²) in [5.41, 5.74) is 2.55. The second-order valence-corrected chi connectivity index (χ2v) is 9.38. The maximum Gasteiger partial charge on any atom is 0.290 e. The van der Waals surface area contributed by atoms with E-state index in [1.54, 1.807) is 30.3 Å². The first-order chi connectivity index (χ1) is 19.1. The van der Waals surface area contributed by atoms with Crippen LogP contribution in [0.3, 0.4) is 0 Å². The average Bonchev–Trinajstić information content (AvgIpc) is 3.38. The SMILES string of the molecule is COc1ccc(-c2ccc(C(=O)N(Cc3ccc(OCc4ccccn4)cc3)[C@H]3CCCCNC3=O)o2)cc1. The van der Waals surface area contributed by atoms with Crippen LogP contribution in [0.1, 0.15) is 41.1 Å². The van der Waals surface area contributed by atoms with Crippen LogP contribution >= 0.6 is 0 Å². The van der Waals surface area contributed by atoms with Crippen molar-refractivity contribution in [3.63, 3.8) is 0 Å². The minimum Gasteiger partial charge on any atom is -0.497 e. The minimum atomic E-state index is -0.588. The van der Waals surface area contributed by atoms with Crippen molar-refractivity contribution in [2.24, 2.45) is 0 Å². The van der Waals surface area contributed by atoms with Crippen LogP contribution in [0.15, 0.2) is 89.5 Å². The van der Waals surface area contributed by atoms with E-state index in [1.807, 2.05) is 66.7 Å². The summed E-state index contributed by atoms with van der Waals surface area (Å²) in [6, 6.07) is 23.5. The zero-order chi connectivity index (χ0) is 27.0. The number of pyridine rings is 1. The lowest BCUT2D eigenvalue weighted by Gasteiger charge is -2.29. The summed E-state index contributed by atoms with van der Waals surface area (Å²) in [6.45, 7) is 1.24. The van der Waals surface area contributed by atoms with E-state index in [0.29, 0.717) is 31.1 Å². The maximum absolute atomic E-state index is 13.8. The summed E-state index contributed by atoms with van der Waals surface area (Å²) in [6.07, 6.45) is 4.06. The first kappa shape index (κ1) is 26.0. The summed E-state index contributed by atoms with van der Waals surface area (Å²) in [5, 5.41) is 2.95. The first-order valence-electron chi connectivity index (χ1n) is 13.1. The molecule has 2 amide bonds. The number of benzene rings is 2. The van der Waals surface area contributed by atoms with Crippen LogP contribution in [0.25, 0.3) is 11.3 Å². The highest BCUT2D eigenvalue weighted by molar-refractivity contribution is 5.96. The Morgan fingerprint density at radius 3 is 2.54 bits per heavy atom. The van der Waals surface area contributed by atoms with E-state index in [4.69, 9.17) is 13.9 Å². The van der Waals surface area contributed by atoms with E-state index in [1.165, 1.54) is 0 Å². The monoisotopic (exact) mass is 525 g/mol. The van der Waals surface area contributed by atoms with Crippen LogP contribution in [0, 0.1) is 0 Å². The lowest BCUT2D eigenvalue weighted by molar-refractivity contribution is -0.125. The quantitative estimate of drug-likeness (QED) is 0.321. The Balaban J connectivity index is 1.34. The largest absolute Gasteiger partial charge is 0.497 e. The molecule has 0 bridgehead atoms. The molecule has 1 N–H and O–H groups in total. The minimum absolute atomic E-state index is 0.141. The predicted octanol–water partition coefficient (Wildman–Crippen LogP) is 5.24. The van der Waals surface area contributed by atoms with Gasteiger partial charge in [0.1, 0.15) is 29.9 Å². The highest BCUT2D eigenvalue weighted by Crippen LogP contribution is 2.27. The van der Waals surface area contributed by atoms with Crippen LogP contribution in [0.4, 0.5) is 0 Å². The second kappa shape index (κ2) is 12.3. The smallest absolute Gasteiger partial charge is 0.290 e. The molecule has 0 aliphatic carbocycles. The fourth-order valence-electron chi connectivity index (χ4n) is 4.58. The van der Waals surface area contributed by atoms with Crippen molar-refractivity contribution >= 4 is 11.8 Å². The molecule has 1 aliphatic rings. The van der Waals surface area contributed by atoms with Crippen molar-refractivity contribution in [1.29, 1.82) is 0 Å². The van der Waals surface area contributed by atoms with Crippen LogP contribution in [-0.4, -0.2) is 41.4 Å². The van der Waals surface area contributed by atoms with Gasteiger partial charge in [0.25, 0.3) is 5.91 Å². The van der Waals surface area contributed by atoms with E-state index >= 15 is 0 Å². The Morgan fingerprint density at radius 1 is 1.00 bits per heavy atom. The molecule has 0 spiro atoms. The molecule has 39 heavy (non-hydrogen) atoms. The van der Waals surface area contributed by atoms with Crippen LogP contribution in [0.2, 0.25) is 0 Å². The number of hydrogen-bond donors (Lipinski definition) is 1. The van der Waals surface area contributed by atoms with Crippen LogP contribution in [0.5, 0.6) is 11.5 Å².